The summed E-state index contributed by atoms with van der Waals surface area (Å²) >= 11 is 0. The van der Waals surface area contributed by atoms with Crippen LogP contribution in [0.1, 0.15) is 11.1 Å². The van der Waals surface area contributed by atoms with Gasteiger partial charge in [-0.1, -0.05) is 12.1 Å². The number of nitrogens with one attached hydrogen (secondary N) is 2. The van der Waals surface area contributed by atoms with Crippen molar-refractivity contribution < 1.29 is 17.9 Å². The zero-order valence-corrected chi connectivity index (χ0v) is 14.8. The van der Waals surface area contributed by atoms with Crippen LogP contribution in [0, 0.1) is 22.7 Å². The van der Waals surface area contributed by atoms with Gasteiger partial charge in [-0.3, -0.25) is 4.90 Å². The molecule has 1 aromatic carbocycles. The predicted molar refractivity (Wildman–Crippen MR) is 91.8 cm³/mol. The molecule has 9 heteroatoms. The highest BCUT2D eigenvalue weighted by molar-refractivity contribution is 5.38. The molecule has 1 unspecified atom stereocenters. The number of hydrogen-bond acceptors (Lipinski definition) is 6. The third-order valence-electron chi connectivity index (χ3n) is 4.14. The van der Waals surface area contributed by atoms with E-state index < -0.39 is 11.7 Å². The molecule has 0 saturated carbocycles. The first-order valence-electron chi connectivity index (χ1n) is 8.33. The third kappa shape index (κ3) is 5.88. The molecule has 0 spiro atoms. The molecule has 2 rings (SSSR count). The Morgan fingerprint density at radius 2 is 1.93 bits per heavy atom. The van der Waals surface area contributed by atoms with Gasteiger partial charge in [0.05, 0.1) is 18.3 Å². The van der Waals surface area contributed by atoms with Gasteiger partial charge in [-0.15, -0.1) is 0 Å². The summed E-state index contributed by atoms with van der Waals surface area (Å²) in [5, 5.41) is 23.6. The molecular weight excluding hydrogens is 359 g/mol. The largest absolute Gasteiger partial charge is 0.416 e. The molecule has 1 aliphatic heterocycles. The van der Waals surface area contributed by atoms with Crippen LogP contribution in [0.5, 0.6) is 0 Å². The van der Waals surface area contributed by atoms with Crippen LogP contribution in [0.3, 0.4) is 0 Å². The molecule has 0 aromatic heterocycles. The van der Waals surface area contributed by atoms with E-state index in [0.29, 0.717) is 38.6 Å². The summed E-state index contributed by atoms with van der Waals surface area (Å²) in [7, 11) is 1.61. The van der Waals surface area contributed by atoms with Gasteiger partial charge in [-0.05, 0) is 17.7 Å². The van der Waals surface area contributed by atoms with E-state index >= 15 is 0 Å². The lowest BCUT2D eigenvalue weighted by atomic mass is 10.1. The Morgan fingerprint density at radius 3 is 2.48 bits per heavy atom. The molecule has 2 N–H and O–H groups in total. The van der Waals surface area contributed by atoms with Gasteiger partial charge in [-0.2, -0.15) is 23.7 Å². The number of nitriles is 2. The molecule has 0 bridgehead atoms. The first-order valence-corrected chi connectivity index (χ1v) is 8.33. The van der Waals surface area contributed by atoms with Crippen LogP contribution >= 0.6 is 0 Å². The number of rotatable bonds is 6. The molecule has 1 atom stereocenters. The topological polar surface area (TPSA) is 84.1 Å². The summed E-state index contributed by atoms with van der Waals surface area (Å²) in [4.78, 5) is 2.09. The monoisotopic (exact) mass is 379 g/mol. The second-order valence-corrected chi connectivity index (χ2v) is 6.03. The highest BCUT2D eigenvalue weighted by atomic mass is 19.4. The number of halogens is 3. The zero-order valence-electron chi connectivity index (χ0n) is 14.8. The molecule has 1 fully saturated rings. The fraction of sp³-hybridized carbons (Fsp3) is 0.444. The van der Waals surface area contributed by atoms with Gasteiger partial charge in [0.25, 0.3) is 0 Å². The first-order chi connectivity index (χ1) is 12.9. The van der Waals surface area contributed by atoms with Gasteiger partial charge < -0.3 is 15.4 Å². The summed E-state index contributed by atoms with van der Waals surface area (Å²) < 4.78 is 43.6. The van der Waals surface area contributed by atoms with Crippen LogP contribution in [0.25, 0.3) is 0 Å². The van der Waals surface area contributed by atoms with E-state index in [1.807, 2.05) is 12.1 Å². The molecular formula is C18H20F3N5O. The van der Waals surface area contributed by atoms with Crippen molar-refractivity contribution in [2.24, 2.45) is 0 Å². The molecule has 1 aliphatic rings. The smallest absolute Gasteiger partial charge is 0.374 e. The Kier molecular flexibility index (Phi) is 7.05. The minimum Gasteiger partial charge on any atom is -0.374 e. The van der Waals surface area contributed by atoms with Crippen molar-refractivity contribution >= 4 is 0 Å². The fourth-order valence-electron chi connectivity index (χ4n) is 2.76. The summed E-state index contributed by atoms with van der Waals surface area (Å²) in [5.41, 5.74) is 0.0889. The minimum absolute atomic E-state index is 0.0464. The molecule has 1 heterocycles. The number of benzene rings is 1. The predicted octanol–water partition coefficient (Wildman–Crippen LogP) is 1.97. The van der Waals surface area contributed by atoms with Gasteiger partial charge in [0, 0.05) is 33.2 Å². The summed E-state index contributed by atoms with van der Waals surface area (Å²) in [5.74, 6) is 0.337. The molecule has 0 amide bonds. The third-order valence-corrected chi connectivity index (χ3v) is 4.14. The molecule has 6 nitrogen and oxygen atoms in total. The van der Waals surface area contributed by atoms with Crippen molar-refractivity contribution in [1.82, 2.24) is 15.5 Å². The van der Waals surface area contributed by atoms with Crippen molar-refractivity contribution in [1.29, 1.82) is 10.5 Å². The second-order valence-electron chi connectivity index (χ2n) is 6.03. The lowest BCUT2D eigenvalue weighted by Crippen LogP contribution is -2.46. The van der Waals surface area contributed by atoms with Gasteiger partial charge in [0.15, 0.2) is 5.57 Å². The van der Waals surface area contributed by atoms with E-state index in [4.69, 9.17) is 15.3 Å². The molecule has 1 aromatic rings. The average Bonchev–Trinajstić information content (AvgIpc) is 2.65. The molecule has 144 valence electrons. The van der Waals surface area contributed by atoms with E-state index in [1.165, 1.54) is 12.1 Å². The molecule has 1 saturated heterocycles. The summed E-state index contributed by atoms with van der Waals surface area (Å²) in [6.45, 7) is 2.67. The number of ether oxygens (including phenoxy) is 1. The standard InChI is InChI=1S/C18H20F3N5O/c1-24-17(14(8-22)9-23)25-10-16-12-26(6-7-27-16)11-13-2-4-15(5-3-13)18(19,20)21/h2-5,16,24-25H,6-7,10-12H2,1H3. The molecule has 27 heavy (non-hydrogen) atoms. The van der Waals surface area contributed by atoms with E-state index in [0.717, 1.165) is 17.7 Å². The first kappa shape index (κ1) is 20.6. The summed E-state index contributed by atoms with van der Waals surface area (Å²) in [6.07, 6.45) is -4.51. The lowest BCUT2D eigenvalue weighted by molar-refractivity contribution is -0.137. The van der Waals surface area contributed by atoms with Gasteiger partial charge in [0.2, 0.25) is 0 Å². The van der Waals surface area contributed by atoms with Crippen LogP contribution in [0.15, 0.2) is 35.7 Å². The number of alkyl halides is 3. The average molecular weight is 379 g/mol. The van der Waals surface area contributed by atoms with Gasteiger partial charge >= 0.3 is 6.18 Å². The highest BCUT2D eigenvalue weighted by Crippen LogP contribution is 2.29. The number of nitrogens with zero attached hydrogens (tertiary/aromatic N) is 3. The maximum absolute atomic E-state index is 12.6. The minimum atomic E-state index is -4.33. The maximum Gasteiger partial charge on any atom is 0.416 e. The van der Waals surface area contributed by atoms with Crippen molar-refractivity contribution in [3.8, 4) is 12.1 Å². The van der Waals surface area contributed by atoms with E-state index in [9.17, 15) is 13.2 Å². The number of morpholine rings is 1. The Hall–Kier alpha value is -2.75. The SMILES string of the molecule is CNC(NCC1CN(Cc2ccc(C(F)(F)F)cc2)CCO1)=C(C#N)C#N. The molecule has 0 radical (unpaired) electrons. The van der Waals surface area contributed by atoms with Crippen molar-refractivity contribution in [2.75, 3.05) is 33.3 Å². The highest BCUT2D eigenvalue weighted by Gasteiger charge is 2.30. The van der Waals surface area contributed by atoms with Crippen LogP contribution in [0.4, 0.5) is 13.2 Å². The van der Waals surface area contributed by atoms with Crippen molar-refractivity contribution in [3.63, 3.8) is 0 Å². The Balaban J connectivity index is 1.92. The van der Waals surface area contributed by atoms with E-state index in [2.05, 4.69) is 15.5 Å². The lowest BCUT2D eigenvalue weighted by Gasteiger charge is -2.33. The summed E-state index contributed by atoms with van der Waals surface area (Å²) in [6, 6.07) is 8.76. The van der Waals surface area contributed by atoms with Gasteiger partial charge in [-0.25, -0.2) is 0 Å². The van der Waals surface area contributed by atoms with Crippen LogP contribution in [-0.4, -0.2) is 44.3 Å². The van der Waals surface area contributed by atoms with Crippen LogP contribution in [0.2, 0.25) is 0 Å². The fourth-order valence-corrected chi connectivity index (χ4v) is 2.76. The number of allylic oxidation sites excluding steroid dienone is 1. The normalized spacial score (nSPS) is 17.5. The zero-order chi connectivity index (χ0) is 19.9. The Morgan fingerprint density at radius 1 is 1.26 bits per heavy atom. The quantitative estimate of drug-likeness (QED) is 0.736. The Bertz CT molecular complexity index is 730. The van der Waals surface area contributed by atoms with Crippen molar-refractivity contribution in [3.05, 3.63) is 46.8 Å². The van der Waals surface area contributed by atoms with Crippen LogP contribution < -0.4 is 10.6 Å². The number of hydrogen-bond donors (Lipinski definition) is 2. The maximum atomic E-state index is 12.6. The van der Waals surface area contributed by atoms with E-state index in [-0.39, 0.29) is 11.7 Å². The van der Waals surface area contributed by atoms with Crippen LogP contribution in [-0.2, 0) is 17.5 Å². The van der Waals surface area contributed by atoms with Gasteiger partial charge in [0.1, 0.15) is 18.0 Å². The second kappa shape index (κ2) is 9.26. The van der Waals surface area contributed by atoms with Crippen molar-refractivity contribution in [2.45, 2.75) is 18.8 Å². The van der Waals surface area contributed by atoms with E-state index in [1.54, 1.807) is 7.05 Å². The molecule has 0 aliphatic carbocycles. The Labute approximate surface area is 155 Å².